The molecule has 1 aromatic rings. The molecule has 0 heterocycles. The molecule has 0 atom stereocenters. The standard InChI is InChI=1S/C8H10F2N2/c1-8(9,10)5-2-3-6(11)7(12)4-5/h2-4H,11-12H2,1H3. The predicted octanol–water partition coefficient (Wildman–Crippen LogP) is 1.96. The third-order valence-electron chi connectivity index (χ3n) is 1.59. The van der Waals surface area contributed by atoms with Crippen molar-refractivity contribution in [3.63, 3.8) is 0 Å². The zero-order valence-electron chi connectivity index (χ0n) is 6.64. The van der Waals surface area contributed by atoms with Crippen LogP contribution in [0.4, 0.5) is 20.2 Å². The average molecular weight is 172 g/mol. The van der Waals surface area contributed by atoms with E-state index in [2.05, 4.69) is 0 Å². The molecule has 0 spiro atoms. The number of alkyl halides is 2. The third-order valence-corrected chi connectivity index (χ3v) is 1.59. The van der Waals surface area contributed by atoms with Crippen LogP contribution in [0.2, 0.25) is 0 Å². The van der Waals surface area contributed by atoms with Crippen LogP contribution >= 0.6 is 0 Å². The molecule has 0 radical (unpaired) electrons. The van der Waals surface area contributed by atoms with Gasteiger partial charge in [-0.3, -0.25) is 0 Å². The van der Waals surface area contributed by atoms with Gasteiger partial charge in [0.15, 0.2) is 0 Å². The van der Waals surface area contributed by atoms with E-state index in [1.165, 1.54) is 18.2 Å². The highest BCUT2D eigenvalue weighted by Crippen LogP contribution is 2.29. The van der Waals surface area contributed by atoms with Crippen LogP contribution in [0.3, 0.4) is 0 Å². The van der Waals surface area contributed by atoms with Crippen molar-refractivity contribution in [1.82, 2.24) is 0 Å². The molecule has 0 aliphatic carbocycles. The van der Waals surface area contributed by atoms with Gasteiger partial charge in [0.1, 0.15) is 0 Å². The van der Waals surface area contributed by atoms with Gasteiger partial charge >= 0.3 is 0 Å². The van der Waals surface area contributed by atoms with Crippen LogP contribution in [0.5, 0.6) is 0 Å². The molecule has 1 rings (SSSR count). The summed E-state index contributed by atoms with van der Waals surface area (Å²) in [4.78, 5) is 0. The van der Waals surface area contributed by atoms with Crippen LogP contribution in [0.25, 0.3) is 0 Å². The fraction of sp³-hybridized carbons (Fsp3) is 0.250. The lowest BCUT2D eigenvalue weighted by Gasteiger charge is -2.11. The number of hydrogen-bond acceptors (Lipinski definition) is 2. The zero-order valence-corrected chi connectivity index (χ0v) is 6.64. The van der Waals surface area contributed by atoms with Crippen molar-refractivity contribution in [2.75, 3.05) is 11.5 Å². The molecule has 0 aliphatic heterocycles. The summed E-state index contributed by atoms with van der Waals surface area (Å²) in [5, 5.41) is 0. The van der Waals surface area contributed by atoms with Crippen molar-refractivity contribution in [2.45, 2.75) is 12.8 Å². The molecule has 12 heavy (non-hydrogen) atoms. The monoisotopic (exact) mass is 172 g/mol. The minimum absolute atomic E-state index is 0.116. The number of hydrogen-bond donors (Lipinski definition) is 2. The van der Waals surface area contributed by atoms with E-state index >= 15 is 0 Å². The molecule has 66 valence electrons. The van der Waals surface area contributed by atoms with E-state index < -0.39 is 5.92 Å². The molecule has 4 heteroatoms. The Labute approximate surface area is 69.2 Å². The van der Waals surface area contributed by atoms with E-state index in [1.54, 1.807) is 0 Å². The van der Waals surface area contributed by atoms with E-state index in [9.17, 15) is 8.78 Å². The van der Waals surface area contributed by atoms with E-state index in [1.807, 2.05) is 0 Å². The Bertz CT molecular complexity index is 292. The second-order valence-electron chi connectivity index (χ2n) is 2.73. The van der Waals surface area contributed by atoms with Gasteiger partial charge in [0.05, 0.1) is 11.4 Å². The van der Waals surface area contributed by atoms with Crippen LogP contribution in [0.15, 0.2) is 18.2 Å². The number of rotatable bonds is 1. The quantitative estimate of drug-likeness (QED) is 0.636. The SMILES string of the molecule is CC(F)(F)c1ccc(N)c(N)c1. The lowest BCUT2D eigenvalue weighted by molar-refractivity contribution is 0.0175. The van der Waals surface area contributed by atoms with Crippen molar-refractivity contribution in [3.8, 4) is 0 Å². The summed E-state index contributed by atoms with van der Waals surface area (Å²) in [6, 6.07) is 3.84. The Morgan fingerprint density at radius 2 is 1.75 bits per heavy atom. The second kappa shape index (κ2) is 2.62. The molecule has 0 amide bonds. The lowest BCUT2D eigenvalue weighted by atomic mass is 10.1. The Balaban J connectivity index is 3.14. The maximum absolute atomic E-state index is 12.7. The molecule has 0 unspecified atom stereocenters. The van der Waals surface area contributed by atoms with Crippen LogP contribution in [-0.4, -0.2) is 0 Å². The zero-order chi connectivity index (χ0) is 9.35. The Morgan fingerprint density at radius 1 is 1.17 bits per heavy atom. The minimum Gasteiger partial charge on any atom is -0.397 e. The molecule has 0 fully saturated rings. The predicted molar refractivity (Wildman–Crippen MR) is 44.8 cm³/mol. The molecule has 4 N–H and O–H groups in total. The Hall–Kier alpha value is -1.32. The van der Waals surface area contributed by atoms with Gasteiger partial charge in [-0.15, -0.1) is 0 Å². The van der Waals surface area contributed by atoms with Gasteiger partial charge in [-0.05, 0) is 12.1 Å². The van der Waals surface area contributed by atoms with Crippen LogP contribution < -0.4 is 11.5 Å². The Morgan fingerprint density at radius 3 is 2.17 bits per heavy atom. The molecule has 0 bridgehead atoms. The van der Waals surface area contributed by atoms with Crippen molar-refractivity contribution >= 4 is 11.4 Å². The van der Waals surface area contributed by atoms with E-state index in [0.717, 1.165) is 6.92 Å². The van der Waals surface area contributed by atoms with Gasteiger partial charge in [0.2, 0.25) is 0 Å². The molecule has 2 nitrogen and oxygen atoms in total. The first-order valence-electron chi connectivity index (χ1n) is 3.44. The fourth-order valence-electron chi connectivity index (χ4n) is 0.848. The third kappa shape index (κ3) is 1.64. The fourth-order valence-corrected chi connectivity index (χ4v) is 0.848. The maximum Gasteiger partial charge on any atom is 0.270 e. The molecule has 0 saturated carbocycles. The molecular weight excluding hydrogens is 162 g/mol. The minimum atomic E-state index is -2.86. The van der Waals surface area contributed by atoms with E-state index in [0.29, 0.717) is 5.69 Å². The average Bonchev–Trinajstić information content (AvgIpc) is 1.92. The van der Waals surface area contributed by atoms with Gasteiger partial charge in [-0.1, -0.05) is 6.07 Å². The smallest absolute Gasteiger partial charge is 0.270 e. The first kappa shape index (κ1) is 8.77. The van der Waals surface area contributed by atoms with Gasteiger partial charge < -0.3 is 11.5 Å². The van der Waals surface area contributed by atoms with Gasteiger partial charge in [-0.2, -0.15) is 0 Å². The van der Waals surface area contributed by atoms with Gasteiger partial charge in [0, 0.05) is 12.5 Å². The van der Waals surface area contributed by atoms with Crippen LogP contribution in [-0.2, 0) is 5.92 Å². The van der Waals surface area contributed by atoms with Crippen molar-refractivity contribution in [1.29, 1.82) is 0 Å². The van der Waals surface area contributed by atoms with Crippen LogP contribution in [0, 0.1) is 0 Å². The number of nitrogens with two attached hydrogens (primary N) is 2. The van der Waals surface area contributed by atoms with Gasteiger partial charge in [-0.25, -0.2) is 8.78 Å². The largest absolute Gasteiger partial charge is 0.397 e. The normalized spacial score (nSPS) is 11.6. The van der Waals surface area contributed by atoms with Gasteiger partial charge in [0.25, 0.3) is 5.92 Å². The summed E-state index contributed by atoms with van der Waals surface area (Å²) < 4.78 is 25.3. The summed E-state index contributed by atoms with van der Waals surface area (Å²) >= 11 is 0. The summed E-state index contributed by atoms with van der Waals surface area (Å²) in [6.07, 6.45) is 0. The van der Waals surface area contributed by atoms with Crippen molar-refractivity contribution in [2.24, 2.45) is 0 Å². The molecule has 0 saturated heterocycles. The number of anilines is 2. The number of halogens is 2. The topological polar surface area (TPSA) is 52.0 Å². The van der Waals surface area contributed by atoms with E-state index in [4.69, 9.17) is 11.5 Å². The maximum atomic E-state index is 12.7. The molecular formula is C8H10F2N2. The molecule has 0 aromatic heterocycles. The number of benzene rings is 1. The van der Waals surface area contributed by atoms with Crippen molar-refractivity contribution in [3.05, 3.63) is 23.8 Å². The first-order valence-corrected chi connectivity index (χ1v) is 3.44. The highest BCUT2D eigenvalue weighted by atomic mass is 19.3. The molecule has 1 aromatic carbocycles. The second-order valence-corrected chi connectivity index (χ2v) is 2.73. The van der Waals surface area contributed by atoms with E-state index in [-0.39, 0.29) is 11.3 Å². The van der Waals surface area contributed by atoms with Crippen molar-refractivity contribution < 1.29 is 8.78 Å². The summed E-state index contributed by atoms with van der Waals surface area (Å²) in [5.74, 6) is -2.86. The summed E-state index contributed by atoms with van der Waals surface area (Å²) in [6.45, 7) is 0.817. The highest BCUT2D eigenvalue weighted by Gasteiger charge is 2.24. The summed E-state index contributed by atoms with van der Waals surface area (Å²) in [7, 11) is 0. The Kier molecular flexibility index (Phi) is 1.92. The molecule has 0 aliphatic rings. The lowest BCUT2D eigenvalue weighted by Crippen LogP contribution is -2.08. The first-order chi connectivity index (χ1) is 5.41. The summed E-state index contributed by atoms with van der Waals surface area (Å²) in [5.41, 5.74) is 11.1. The number of nitrogen functional groups attached to an aromatic ring is 2. The van der Waals surface area contributed by atoms with Crippen LogP contribution in [0.1, 0.15) is 12.5 Å². The highest BCUT2D eigenvalue weighted by molar-refractivity contribution is 5.64.